The molecule has 2 nitrogen and oxygen atoms in total. The standard InChI is InChI=1S/C11H22N2.ClH/c1-2-6-12(7-3-1)10-11-13-8-4-5-9-13;/h1-11H2;1H. The Balaban J connectivity index is 0.000000980. The molecule has 0 radical (unpaired) electrons. The lowest BCUT2D eigenvalue weighted by Gasteiger charge is -2.28. The predicted molar refractivity (Wildman–Crippen MR) is 63.2 cm³/mol. The molecule has 2 saturated heterocycles. The lowest BCUT2D eigenvalue weighted by molar-refractivity contribution is 0.196. The quantitative estimate of drug-likeness (QED) is 0.715. The van der Waals surface area contributed by atoms with E-state index >= 15 is 0 Å². The molecule has 0 aromatic carbocycles. The van der Waals surface area contributed by atoms with Gasteiger partial charge in [-0.05, 0) is 51.9 Å². The molecule has 3 heteroatoms. The van der Waals surface area contributed by atoms with E-state index in [2.05, 4.69) is 9.80 Å². The number of hydrogen-bond donors (Lipinski definition) is 0. The number of halogens is 1. The Morgan fingerprint density at radius 3 is 1.36 bits per heavy atom. The van der Waals surface area contributed by atoms with Gasteiger partial charge in [-0.1, -0.05) is 6.42 Å². The third-order valence-corrected chi connectivity index (χ3v) is 3.38. The minimum absolute atomic E-state index is 0. The van der Waals surface area contributed by atoms with Crippen LogP contribution < -0.4 is 0 Å². The van der Waals surface area contributed by atoms with Crippen LogP contribution in [0.1, 0.15) is 32.1 Å². The van der Waals surface area contributed by atoms with Crippen molar-refractivity contribution >= 4 is 12.4 Å². The Hall–Kier alpha value is 0.210. The van der Waals surface area contributed by atoms with Crippen LogP contribution in [0.25, 0.3) is 0 Å². The summed E-state index contributed by atoms with van der Waals surface area (Å²) in [4.78, 5) is 5.26. The summed E-state index contributed by atoms with van der Waals surface area (Å²) in [7, 11) is 0. The molecule has 0 bridgehead atoms. The van der Waals surface area contributed by atoms with E-state index in [9.17, 15) is 0 Å². The Kier molecular flexibility index (Phi) is 5.83. The molecular weight excluding hydrogens is 196 g/mol. The fourth-order valence-electron chi connectivity index (χ4n) is 2.47. The molecule has 2 aliphatic heterocycles. The summed E-state index contributed by atoms with van der Waals surface area (Å²) in [5.41, 5.74) is 0. The van der Waals surface area contributed by atoms with Gasteiger partial charge in [-0.25, -0.2) is 0 Å². The second kappa shape index (κ2) is 6.65. The van der Waals surface area contributed by atoms with Gasteiger partial charge in [0.15, 0.2) is 0 Å². The molecule has 2 rings (SSSR count). The van der Waals surface area contributed by atoms with Crippen LogP contribution >= 0.6 is 12.4 Å². The second-order valence-corrected chi connectivity index (χ2v) is 4.45. The van der Waals surface area contributed by atoms with E-state index in [-0.39, 0.29) is 12.4 Å². The van der Waals surface area contributed by atoms with Gasteiger partial charge in [0.1, 0.15) is 0 Å². The Bertz CT molecular complexity index is 140. The Morgan fingerprint density at radius 1 is 0.571 bits per heavy atom. The summed E-state index contributed by atoms with van der Waals surface area (Å²) >= 11 is 0. The van der Waals surface area contributed by atoms with Gasteiger partial charge in [0.05, 0.1) is 0 Å². The fraction of sp³-hybridized carbons (Fsp3) is 1.00. The molecule has 0 aromatic heterocycles. The second-order valence-electron chi connectivity index (χ2n) is 4.45. The van der Waals surface area contributed by atoms with Crippen LogP contribution in [0.15, 0.2) is 0 Å². The van der Waals surface area contributed by atoms with Crippen molar-refractivity contribution in [3.63, 3.8) is 0 Å². The highest BCUT2D eigenvalue weighted by Gasteiger charge is 2.14. The smallest absolute Gasteiger partial charge is 0.0109 e. The van der Waals surface area contributed by atoms with Gasteiger partial charge in [-0.2, -0.15) is 0 Å². The first-order valence-electron chi connectivity index (χ1n) is 5.90. The highest BCUT2D eigenvalue weighted by Crippen LogP contribution is 2.10. The van der Waals surface area contributed by atoms with Crippen LogP contribution in [0.2, 0.25) is 0 Å². The normalized spacial score (nSPS) is 24.9. The summed E-state index contributed by atoms with van der Waals surface area (Å²) in [5, 5.41) is 0. The maximum Gasteiger partial charge on any atom is 0.0109 e. The van der Waals surface area contributed by atoms with Crippen molar-refractivity contribution in [3.05, 3.63) is 0 Å². The largest absolute Gasteiger partial charge is 0.302 e. The molecule has 2 fully saturated rings. The van der Waals surface area contributed by atoms with Crippen LogP contribution in [0.5, 0.6) is 0 Å². The Morgan fingerprint density at radius 2 is 0.929 bits per heavy atom. The van der Waals surface area contributed by atoms with Gasteiger partial charge in [0, 0.05) is 13.1 Å². The van der Waals surface area contributed by atoms with Gasteiger partial charge in [-0.15, -0.1) is 12.4 Å². The van der Waals surface area contributed by atoms with Gasteiger partial charge < -0.3 is 9.80 Å². The zero-order chi connectivity index (χ0) is 8.93. The molecule has 0 aromatic rings. The Labute approximate surface area is 94.0 Å². The van der Waals surface area contributed by atoms with E-state index < -0.39 is 0 Å². The lowest BCUT2D eigenvalue weighted by atomic mass is 10.1. The van der Waals surface area contributed by atoms with E-state index in [4.69, 9.17) is 0 Å². The van der Waals surface area contributed by atoms with Crippen molar-refractivity contribution in [2.24, 2.45) is 0 Å². The number of rotatable bonds is 3. The van der Waals surface area contributed by atoms with E-state index in [1.165, 1.54) is 71.4 Å². The van der Waals surface area contributed by atoms with Crippen LogP contribution in [0, 0.1) is 0 Å². The third-order valence-electron chi connectivity index (χ3n) is 3.38. The topological polar surface area (TPSA) is 6.48 Å². The first kappa shape index (κ1) is 12.3. The van der Waals surface area contributed by atoms with Crippen molar-refractivity contribution in [3.8, 4) is 0 Å². The van der Waals surface area contributed by atoms with E-state index in [0.29, 0.717) is 0 Å². The minimum atomic E-state index is 0. The molecule has 0 N–H and O–H groups in total. The first-order valence-corrected chi connectivity index (χ1v) is 5.90. The zero-order valence-electron chi connectivity index (χ0n) is 9.08. The molecule has 0 aliphatic carbocycles. The molecule has 0 amide bonds. The first-order chi connectivity index (χ1) is 6.45. The zero-order valence-corrected chi connectivity index (χ0v) is 9.90. The summed E-state index contributed by atoms with van der Waals surface area (Å²) in [6.45, 7) is 8.06. The SMILES string of the molecule is C1CCN(CCN2CCCC2)CC1.Cl. The van der Waals surface area contributed by atoms with Crippen molar-refractivity contribution in [1.29, 1.82) is 0 Å². The molecule has 2 heterocycles. The van der Waals surface area contributed by atoms with Crippen LogP contribution in [0.4, 0.5) is 0 Å². The lowest BCUT2D eigenvalue weighted by Crippen LogP contribution is -2.36. The average molecular weight is 219 g/mol. The van der Waals surface area contributed by atoms with Gasteiger partial charge in [0.25, 0.3) is 0 Å². The number of nitrogens with zero attached hydrogens (tertiary/aromatic N) is 2. The van der Waals surface area contributed by atoms with Crippen molar-refractivity contribution in [1.82, 2.24) is 9.80 Å². The van der Waals surface area contributed by atoms with E-state index in [1.54, 1.807) is 0 Å². The summed E-state index contributed by atoms with van der Waals surface area (Å²) in [6.07, 6.45) is 7.18. The minimum Gasteiger partial charge on any atom is -0.302 e. The summed E-state index contributed by atoms with van der Waals surface area (Å²) < 4.78 is 0. The van der Waals surface area contributed by atoms with E-state index in [1.807, 2.05) is 0 Å². The van der Waals surface area contributed by atoms with Crippen molar-refractivity contribution in [2.75, 3.05) is 39.3 Å². The maximum absolute atomic E-state index is 2.64. The number of likely N-dealkylation sites (tertiary alicyclic amines) is 2. The average Bonchev–Trinajstić information content (AvgIpc) is 2.69. The molecule has 0 saturated carbocycles. The molecular formula is C11H23ClN2. The molecule has 84 valence electrons. The van der Waals surface area contributed by atoms with Crippen LogP contribution in [0.3, 0.4) is 0 Å². The van der Waals surface area contributed by atoms with E-state index in [0.717, 1.165) is 0 Å². The van der Waals surface area contributed by atoms with Crippen LogP contribution in [-0.2, 0) is 0 Å². The number of hydrogen-bond acceptors (Lipinski definition) is 2. The summed E-state index contributed by atoms with van der Waals surface area (Å²) in [5.74, 6) is 0. The molecule has 0 spiro atoms. The van der Waals surface area contributed by atoms with Crippen molar-refractivity contribution in [2.45, 2.75) is 32.1 Å². The predicted octanol–water partition coefficient (Wildman–Crippen LogP) is 1.99. The maximum atomic E-state index is 2.64. The molecule has 0 atom stereocenters. The molecule has 2 aliphatic rings. The van der Waals surface area contributed by atoms with Gasteiger partial charge in [0.2, 0.25) is 0 Å². The fourth-order valence-corrected chi connectivity index (χ4v) is 2.47. The molecule has 0 unspecified atom stereocenters. The molecule has 14 heavy (non-hydrogen) atoms. The highest BCUT2D eigenvalue weighted by atomic mass is 35.5. The van der Waals surface area contributed by atoms with Crippen molar-refractivity contribution < 1.29 is 0 Å². The van der Waals surface area contributed by atoms with Gasteiger partial charge >= 0.3 is 0 Å². The van der Waals surface area contributed by atoms with Gasteiger partial charge in [-0.3, -0.25) is 0 Å². The highest BCUT2D eigenvalue weighted by molar-refractivity contribution is 5.85. The third kappa shape index (κ3) is 3.76. The number of piperidine rings is 1. The summed E-state index contributed by atoms with van der Waals surface area (Å²) in [6, 6.07) is 0. The van der Waals surface area contributed by atoms with Crippen LogP contribution in [-0.4, -0.2) is 49.1 Å². The monoisotopic (exact) mass is 218 g/mol.